The van der Waals surface area contributed by atoms with Gasteiger partial charge in [0.2, 0.25) is 0 Å². The largest absolute Gasteiger partial charge is 0.299 e. The molecular formula is C21H20ClN3O3S2. The van der Waals surface area contributed by atoms with E-state index < -0.39 is 10.0 Å². The maximum Gasteiger partial charge on any atom is 0.262 e. The molecule has 1 aliphatic carbocycles. The van der Waals surface area contributed by atoms with E-state index in [0.29, 0.717) is 37.2 Å². The first kappa shape index (κ1) is 19.9. The third-order valence-electron chi connectivity index (χ3n) is 6.12. The van der Waals surface area contributed by atoms with Gasteiger partial charge in [-0.3, -0.25) is 9.20 Å². The van der Waals surface area contributed by atoms with Gasteiger partial charge in [0.05, 0.1) is 0 Å². The van der Waals surface area contributed by atoms with Crippen LogP contribution in [0.1, 0.15) is 24.8 Å². The van der Waals surface area contributed by atoms with E-state index in [1.54, 1.807) is 11.6 Å². The third-order valence-corrected chi connectivity index (χ3v) is 9.09. The van der Waals surface area contributed by atoms with Crippen LogP contribution in [0, 0.1) is 5.41 Å². The highest BCUT2D eigenvalue weighted by Crippen LogP contribution is 2.46. The number of nitrogens with zero attached hydrogens (tertiary/aromatic N) is 3. The highest BCUT2D eigenvalue weighted by atomic mass is 35.5. The summed E-state index contributed by atoms with van der Waals surface area (Å²) in [6, 6.07) is 10.0. The molecule has 1 aromatic carbocycles. The SMILES string of the molecule is O=C1CCC2(Cc3ccccc3)CN(S(=O)(=O)c3c(Cl)nc4sccn34)CC=C2C1. The molecule has 1 unspecified atom stereocenters. The number of carbonyl (C=O) groups is 1. The first-order valence-corrected chi connectivity index (χ1v) is 12.5. The first-order valence-electron chi connectivity index (χ1n) is 9.75. The van der Waals surface area contributed by atoms with Gasteiger partial charge in [0.1, 0.15) is 5.78 Å². The maximum atomic E-state index is 13.6. The van der Waals surface area contributed by atoms with Crippen molar-refractivity contribution in [1.29, 1.82) is 0 Å². The van der Waals surface area contributed by atoms with Crippen molar-refractivity contribution in [2.75, 3.05) is 13.1 Å². The average Bonchev–Trinajstić information content (AvgIpc) is 3.28. The Labute approximate surface area is 183 Å². The summed E-state index contributed by atoms with van der Waals surface area (Å²) in [5.74, 6) is 0.222. The number of aromatic nitrogens is 2. The summed E-state index contributed by atoms with van der Waals surface area (Å²) < 4.78 is 30.2. The van der Waals surface area contributed by atoms with Crippen LogP contribution in [-0.4, -0.2) is 41.0 Å². The Hall–Kier alpha value is -2.00. The average molecular weight is 462 g/mol. The maximum absolute atomic E-state index is 13.6. The molecule has 5 rings (SSSR count). The number of rotatable bonds is 4. The van der Waals surface area contributed by atoms with E-state index in [4.69, 9.17) is 11.6 Å². The molecule has 0 amide bonds. The van der Waals surface area contributed by atoms with Crippen molar-refractivity contribution >= 4 is 43.7 Å². The number of hydrogen-bond donors (Lipinski definition) is 0. The van der Waals surface area contributed by atoms with E-state index >= 15 is 0 Å². The summed E-state index contributed by atoms with van der Waals surface area (Å²) in [5, 5.41) is 1.79. The molecular weight excluding hydrogens is 442 g/mol. The van der Waals surface area contributed by atoms with Crippen molar-refractivity contribution in [3.8, 4) is 0 Å². The lowest BCUT2D eigenvalue weighted by molar-refractivity contribution is -0.120. The molecule has 9 heteroatoms. The third kappa shape index (κ3) is 3.22. The summed E-state index contributed by atoms with van der Waals surface area (Å²) in [5.41, 5.74) is 1.82. The van der Waals surface area contributed by atoms with Crippen LogP contribution < -0.4 is 0 Å². The molecule has 1 aliphatic heterocycles. The van der Waals surface area contributed by atoms with Gasteiger partial charge >= 0.3 is 0 Å². The predicted molar refractivity (Wildman–Crippen MR) is 116 cm³/mol. The smallest absolute Gasteiger partial charge is 0.262 e. The second kappa shape index (κ2) is 7.30. The fourth-order valence-electron chi connectivity index (χ4n) is 4.63. The monoisotopic (exact) mass is 461 g/mol. The Morgan fingerprint density at radius 3 is 2.83 bits per heavy atom. The number of fused-ring (bicyclic) bond motifs is 2. The normalized spacial score (nSPS) is 22.8. The summed E-state index contributed by atoms with van der Waals surface area (Å²) >= 11 is 7.58. The second-order valence-electron chi connectivity index (χ2n) is 7.95. The lowest BCUT2D eigenvalue weighted by Gasteiger charge is -2.45. The molecule has 30 heavy (non-hydrogen) atoms. The second-order valence-corrected chi connectivity index (χ2v) is 11.0. The Kier molecular flexibility index (Phi) is 4.85. The molecule has 0 spiro atoms. The van der Waals surface area contributed by atoms with Crippen molar-refractivity contribution in [2.45, 2.75) is 30.7 Å². The van der Waals surface area contributed by atoms with Gasteiger partial charge in [-0.25, -0.2) is 13.4 Å². The molecule has 2 aliphatic rings. The topological polar surface area (TPSA) is 71.8 Å². The summed E-state index contributed by atoms with van der Waals surface area (Å²) in [6.07, 6.45) is 5.83. The number of Topliss-reactive ketones (excluding diaryl/α,β-unsaturated/α-hetero) is 1. The van der Waals surface area contributed by atoms with E-state index in [1.165, 1.54) is 20.0 Å². The van der Waals surface area contributed by atoms with Crippen molar-refractivity contribution in [3.63, 3.8) is 0 Å². The summed E-state index contributed by atoms with van der Waals surface area (Å²) in [4.78, 5) is 16.9. The molecule has 1 fully saturated rings. The van der Waals surface area contributed by atoms with Gasteiger partial charge in [-0.2, -0.15) is 4.31 Å². The molecule has 1 atom stereocenters. The Morgan fingerprint density at radius 2 is 2.03 bits per heavy atom. The number of carbonyl (C=O) groups excluding carboxylic acids is 1. The molecule has 0 bridgehead atoms. The van der Waals surface area contributed by atoms with Crippen LogP contribution in [-0.2, 0) is 21.2 Å². The van der Waals surface area contributed by atoms with Crippen molar-refractivity contribution in [2.24, 2.45) is 5.41 Å². The van der Waals surface area contributed by atoms with Gasteiger partial charge in [-0.15, -0.1) is 11.3 Å². The number of hydrogen-bond acceptors (Lipinski definition) is 5. The van der Waals surface area contributed by atoms with E-state index in [0.717, 1.165) is 11.1 Å². The zero-order chi connectivity index (χ0) is 20.9. The molecule has 6 nitrogen and oxygen atoms in total. The van der Waals surface area contributed by atoms with Gasteiger partial charge in [-0.05, 0) is 18.4 Å². The Bertz CT molecular complexity index is 1260. The van der Waals surface area contributed by atoms with Gasteiger partial charge < -0.3 is 0 Å². The number of ketones is 1. The first-order chi connectivity index (χ1) is 14.4. The zero-order valence-electron chi connectivity index (χ0n) is 16.1. The van der Waals surface area contributed by atoms with Gasteiger partial charge in [0, 0.05) is 42.9 Å². The van der Waals surface area contributed by atoms with Crippen LogP contribution >= 0.6 is 22.9 Å². The number of sulfonamides is 1. The van der Waals surface area contributed by atoms with Crippen LogP contribution in [0.3, 0.4) is 0 Å². The van der Waals surface area contributed by atoms with E-state index in [-0.39, 0.29) is 27.9 Å². The lowest BCUT2D eigenvalue weighted by Crippen LogP contribution is -2.49. The standard InChI is InChI=1S/C21H20ClN3O3S2/c22-18-19(25-10-11-29-20(25)23-18)30(27,28)24-9-7-16-12-17(26)6-8-21(16,14-24)13-15-4-2-1-3-5-15/h1-5,7,10-11H,6,8-9,12-14H2. The molecule has 0 radical (unpaired) electrons. The minimum absolute atomic E-state index is 0.00689. The Balaban J connectivity index is 1.56. The molecule has 156 valence electrons. The van der Waals surface area contributed by atoms with Crippen molar-refractivity contribution < 1.29 is 13.2 Å². The minimum atomic E-state index is -3.86. The molecule has 0 saturated heterocycles. The molecule has 0 N–H and O–H groups in total. The van der Waals surface area contributed by atoms with Crippen molar-refractivity contribution in [1.82, 2.24) is 13.7 Å². The van der Waals surface area contributed by atoms with Crippen LogP contribution in [0.2, 0.25) is 5.15 Å². The lowest BCUT2D eigenvalue weighted by atomic mass is 9.65. The van der Waals surface area contributed by atoms with E-state index in [9.17, 15) is 13.2 Å². The number of thiazole rings is 1. The Morgan fingerprint density at radius 1 is 1.23 bits per heavy atom. The van der Waals surface area contributed by atoms with Crippen LogP contribution in [0.5, 0.6) is 0 Å². The van der Waals surface area contributed by atoms with E-state index in [1.807, 2.05) is 24.3 Å². The van der Waals surface area contributed by atoms with Crippen LogP contribution in [0.25, 0.3) is 4.96 Å². The number of halogens is 1. The van der Waals surface area contributed by atoms with Crippen LogP contribution in [0.4, 0.5) is 0 Å². The van der Waals surface area contributed by atoms with Crippen LogP contribution in [0.15, 0.2) is 58.6 Å². The minimum Gasteiger partial charge on any atom is -0.299 e. The van der Waals surface area contributed by atoms with E-state index in [2.05, 4.69) is 17.1 Å². The fraction of sp³-hybridized carbons (Fsp3) is 0.333. The molecule has 3 aromatic rings. The predicted octanol–water partition coefficient (Wildman–Crippen LogP) is 3.96. The highest BCUT2D eigenvalue weighted by Gasteiger charge is 2.46. The molecule has 2 aromatic heterocycles. The molecule has 3 heterocycles. The fourth-order valence-corrected chi connectivity index (χ4v) is 7.50. The highest BCUT2D eigenvalue weighted by molar-refractivity contribution is 7.89. The molecule has 1 saturated carbocycles. The van der Waals surface area contributed by atoms with Gasteiger partial charge in [0.15, 0.2) is 15.1 Å². The quantitative estimate of drug-likeness (QED) is 0.551. The number of imidazole rings is 1. The summed E-state index contributed by atoms with van der Waals surface area (Å²) in [6.45, 7) is 0.562. The van der Waals surface area contributed by atoms with Crippen molar-refractivity contribution in [3.05, 3.63) is 64.3 Å². The van der Waals surface area contributed by atoms with Gasteiger partial charge in [0.25, 0.3) is 10.0 Å². The van der Waals surface area contributed by atoms with Gasteiger partial charge in [-0.1, -0.05) is 53.6 Å². The number of benzene rings is 1. The summed E-state index contributed by atoms with van der Waals surface area (Å²) in [7, 11) is -3.86. The zero-order valence-corrected chi connectivity index (χ0v) is 18.5.